The molecule has 0 unspecified atom stereocenters. The predicted molar refractivity (Wildman–Crippen MR) is 49.6 cm³/mol. The summed E-state index contributed by atoms with van der Waals surface area (Å²) in [5.74, 6) is 0. The van der Waals surface area contributed by atoms with Gasteiger partial charge in [-0.15, -0.1) is 0 Å². The predicted octanol–water partition coefficient (Wildman–Crippen LogP) is 0.885. The van der Waals surface area contributed by atoms with Crippen molar-refractivity contribution < 1.29 is 4.74 Å². The molecule has 1 saturated heterocycles. The Kier molecular flexibility index (Phi) is 1.96. The number of nitrogens with zero attached hydrogens (tertiary/aromatic N) is 1. The van der Waals surface area contributed by atoms with Crippen LogP contribution in [0.3, 0.4) is 0 Å². The zero-order valence-corrected chi connectivity index (χ0v) is 7.69. The summed E-state index contributed by atoms with van der Waals surface area (Å²) in [7, 11) is 0. The van der Waals surface area contributed by atoms with E-state index in [1.807, 2.05) is 12.3 Å². The normalized spacial score (nSPS) is 19.5. The van der Waals surface area contributed by atoms with Crippen LogP contribution in [0.5, 0.6) is 0 Å². The van der Waals surface area contributed by atoms with Gasteiger partial charge in [-0.3, -0.25) is 4.79 Å². The highest BCUT2D eigenvalue weighted by Crippen LogP contribution is 2.27. The lowest BCUT2D eigenvalue weighted by Crippen LogP contribution is -2.44. The van der Waals surface area contributed by atoms with Gasteiger partial charge in [0.05, 0.1) is 13.2 Å². The molecule has 1 aliphatic rings. The molecule has 0 radical (unpaired) electrons. The van der Waals surface area contributed by atoms with E-state index in [2.05, 4.69) is 6.92 Å². The minimum absolute atomic E-state index is 0.0654. The molecule has 0 aromatic carbocycles. The Morgan fingerprint density at radius 2 is 2.31 bits per heavy atom. The van der Waals surface area contributed by atoms with E-state index in [1.54, 1.807) is 16.7 Å². The highest BCUT2D eigenvalue weighted by atomic mass is 16.5. The molecule has 0 bridgehead atoms. The average molecular weight is 179 g/mol. The van der Waals surface area contributed by atoms with Gasteiger partial charge in [0.1, 0.15) is 0 Å². The standard InChI is InChI=1S/C10H13NO2/c1-10(7-13-8-10)6-11-5-3-2-4-9(11)12/h2-5H,6-8H2,1H3. The molecule has 3 heteroatoms. The zero-order chi connectivity index (χ0) is 9.31. The van der Waals surface area contributed by atoms with Gasteiger partial charge in [0, 0.05) is 24.2 Å². The molecule has 1 fully saturated rings. The molecule has 2 rings (SSSR count). The minimum Gasteiger partial charge on any atom is -0.380 e. The SMILES string of the molecule is CC1(Cn2ccccc2=O)COC1. The first-order valence-electron chi connectivity index (χ1n) is 4.43. The maximum atomic E-state index is 11.4. The van der Waals surface area contributed by atoms with Crippen LogP contribution in [-0.4, -0.2) is 17.8 Å². The lowest BCUT2D eigenvalue weighted by atomic mass is 9.88. The third-order valence-electron chi connectivity index (χ3n) is 2.35. The molecule has 0 aliphatic carbocycles. The van der Waals surface area contributed by atoms with Crippen molar-refractivity contribution in [3.63, 3.8) is 0 Å². The fourth-order valence-electron chi connectivity index (χ4n) is 1.54. The van der Waals surface area contributed by atoms with Gasteiger partial charge in [0.2, 0.25) is 0 Å². The average Bonchev–Trinajstić information content (AvgIpc) is 2.06. The summed E-state index contributed by atoms with van der Waals surface area (Å²) in [5, 5.41) is 0. The molecule has 0 N–H and O–H groups in total. The van der Waals surface area contributed by atoms with Gasteiger partial charge < -0.3 is 9.30 Å². The zero-order valence-electron chi connectivity index (χ0n) is 7.69. The second kappa shape index (κ2) is 3.00. The Labute approximate surface area is 77.0 Å². The molecule has 3 nitrogen and oxygen atoms in total. The van der Waals surface area contributed by atoms with E-state index in [0.29, 0.717) is 0 Å². The van der Waals surface area contributed by atoms with E-state index in [4.69, 9.17) is 4.74 Å². The fourth-order valence-corrected chi connectivity index (χ4v) is 1.54. The van der Waals surface area contributed by atoms with Crippen LogP contribution >= 0.6 is 0 Å². The number of rotatable bonds is 2. The van der Waals surface area contributed by atoms with Crippen molar-refractivity contribution >= 4 is 0 Å². The molecular formula is C10H13NO2. The third kappa shape index (κ3) is 1.65. The van der Waals surface area contributed by atoms with Crippen LogP contribution in [-0.2, 0) is 11.3 Å². The highest BCUT2D eigenvalue weighted by Gasteiger charge is 2.33. The molecule has 0 atom stereocenters. The van der Waals surface area contributed by atoms with Gasteiger partial charge in [-0.1, -0.05) is 13.0 Å². The number of pyridine rings is 1. The molecule has 0 saturated carbocycles. The Hall–Kier alpha value is -1.09. The van der Waals surface area contributed by atoms with E-state index in [0.717, 1.165) is 19.8 Å². The van der Waals surface area contributed by atoms with Gasteiger partial charge in [-0.05, 0) is 6.07 Å². The number of ether oxygens (including phenoxy) is 1. The van der Waals surface area contributed by atoms with E-state index >= 15 is 0 Å². The lowest BCUT2D eigenvalue weighted by molar-refractivity contribution is -0.110. The van der Waals surface area contributed by atoms with Crippen LogP contribution in [0, 0.1) is 5.41 Å². The molecule has 1 aliphatic heterocycles. The first-order valence-corrected chi connectivity index (χ1v) is 4.43. The van der Waals surface area contributed by atoms with Gasteiger partial charge >= 0.3 is 0 Å². The van der Waals surface area contributed by atoms with Gasteiger partial charge in [0.25, 0.3) is 5.56 Å². The van der Waals surface area contributed by atoms with Crippen LogP contribution in [0.2, 0.25) is 0 Å². The Morgan fingerprint density at radius 3 is 2.85 bits per heavy atom. The van der Waals surface area contributed by atoms with Crippen molar-refractivity contribution in [3.05, 3.63) is 34.7 Å². The molecule has 2 heterocycles. The third-order valence-corrected chi connectivity index (χ3v) is 2.35. The summed E-state index contributed by atoms with van der Waals surface area (Å²) in [6.07, 6.45) is 1.83. The van der Waals surface area contributed by atoms with E-state index in [9.17, 15) is 4.79 Å². The van der Waals surface area contributed by atoms with Crippen LogP contribution in [0.1, 0.15) is 6.92 Å². The van der Waals surface area contributed by atoms with Crippen molar-refractivity contribution in [3.8, 4) is 0 Å². The second-order valence-corrected chi connectivity index (χ2v) is 3.97. The first kappa shape index (κ1) is 8.51. The second-order valence-electron chi connectivity index (χ2n) is 3.97. The van der Waals surface area contributed by atoms with Crippen molar-refractivity contribution in [2.75, 3.05) is 13.2 Å². The summed E-state index contributed by atoms with van der Waals surface area (Å²) in [4.78, 5) is 11.4. The number of hydrogen-bond acceptors (Lipinski definition) is 2. The lowest BCUT2D eigenvalue weighted by Gasteiger charge is -2.38. The molecular weight excluding hydrogens is 166 g/mol. The van der Waals surface area contributed by atoms with Crippen LogP contribution < -0.4 is 5.56 Å². The number of aromatic nitrogens is 1. The summed E-state index contributed by atoms with van der Waals surface area (Å²) in [6, 6.07) is 5.23. The Bertz CT molecular complexity index is 352. The topological polar surface area (TPSA) is 31.2 Å². The summed E-state index contributed by atoms with van der Waals surface area (Å²) in [5.41, 5.74) is 0.223. The first-order chi connectivity index (χ1) is 6.20. The molecule has 70 valence electrons. The minimum atomic E-state index is 0.0654. The number of hydrogen-bond donors (Lipinski definition) is 0. The molecule has 0 spiro atoms. The highest BCUT2D eigenvalue weighted by molar-refractivity contribution is 4.95. The monoisotopic (exact) mass is 179 g/mol. The summed E-state index contributed by atoms with van der Waals surface area (Å²) in [6.45, 7) is 4.41. The maximum Gasteiger partial charge on any atom is 0.250 e. The van der Waals surface area contributed by atoms with Gasteiger partial charge in [-0.25, -0.2) is 0 Å². The van der Waals surface area contributed by atoms with E-state index in [-0.39, 0.29) is 11.0 Å². The Morgan fingerprint density at radius 1 is 1.54 bits per heavy atom. The maximum absolute atomic E-state index is 11.4. The molecule has 0 amide bonds. The summed E-state index contributed by atoms with van der Waals surface area (Å²) < 4.78 is 6.87. The van der Waals surface area contributed by atoms with Crippen molar-refractivity contribution in [2.45, 2.75) is 13.5 Å². The smallest absolute Gasteiger partial charge is 0.250 e. The van der Waals surface area contributed by atoms with Crippen LogP contribution in [0.25, 0.3) is 0 Å². The van der Waals surface area contributed by atoms with Gasteiger partial charge in [0.15, 0.2) is 0 Å². The Balaban J connectivity index is 2.18. The van der Waals surface area contributed by atoms with Crippen LogP contribution in [0.4, 0.5) is 0 Å². The van der Waals surface area contributed by atoms with Crippen molar-refractivity contribution in [1.29, 1.82) is 0 Å². The quantitative estimate of drug-likeness (QED) is 0.675. The largest absolute Gasteiger partial charge is 0.380 e. The van der Waals surface area contributed by atoms with E-state index < -0.39 is 0 Å². The van der Waals surface area contributed by atoms with E-state index in [1.165, 1.54) is 0 Å². The summed E-state index contributed by atoms with van der Waals surface area (Å²) >= 11 is 0. The van der Waals surface area contributed by atoms with Crippen molar-refractivity contribution in [1.82, 2.24) is 4.57 Å². The molecule has 1 aromatic heterocycles. The molecule has 1 aromatic rings. The fraction of sp³-hybridized carbons (Fsp3) is 0.500. The van der Waals surface area contributed by atoms with Crippen molar-refractivity contribution in [2.24, 2.45) is 5.41 Å². The van der Waals surface area contributed by atoms with Gasteiger partial charge in [-0.2, -0.15) is 0 Å². The molecule has 13 heavy (non-hydrogen) atoms. The van der Waals surface area contributed by atoms with Crippen LogP contribution in [0.15, 0.2) is 29.2 Å².